The summed E-state index contributed by atoms with van der Waals surface area (Å²) in [7, 11) is -1.07. The van der Waals surface area contributed by atoms with Gasteiger partial charge in [-0.05, 0) is 72.6 Å². The third-order valence-corrected chi connectivity index (χ3v) is 5.93. The number of rotatable bonds is 5. The largest absolute Gasteiger partial charge is 0.444 e. The van der Waals surface area contributed by atoms with Crippen LogP contribution in [-0.2, 0) is 15.7 Å². The van der Waals surface area contributed by atoms with Gasteiger partial charge in [0.15, 0.2) is 0 Å². The summed E-state index contributed by atoms with van der Waals surface area (Å²) < 4.78 is 21.1. The van der Waals surface area contributed by atoms with Gasteiger partial charge in [0, 0.05) is 19.1 Å². The summed E-state index contributed by atoms with van der Waals surface area (Å²) in [6, 6.07) is 0.223. The number of amides is 1. The molecule has 1 aliphatic rings. The summed E-state index contributed by atoms with van der Waals surface area (Å²) in [6.07, 6.45) is 2.62. The standard InChI is InChI=1S/C19H38N2O3S/c1-14(2)13-16(20-25(23)19(6,7)8)15-9-11-21(12-10-15)17(22)24-18(3,4)5/h14-16,20H,9-13H2,1-8H3/t16-,25?/m1/s1. The number of piperidine rings is 1. The molecular weight excluding hydrogens is 336 g/mol. The highest BCUT2D eigenvalue weighted by molar-refractivity contribution is 7.84. The molecule has 1 fully saturated rings. The molecule has 25 heavy (non-hydrogen) atoms. The molecule has 6 heteroatoms. The second-order valence-corrected chi connectivity index (χ2v) is 11.5. The normalized spacial score (nSPS) is 19.8. The highest BCUT2D eigenvalue weighted by atomic mass is 32.2. The quantitative estimate of drug-likeness (QED) is 0.788. The van der Waals surface area contributed by atoms with E-state index in [0.717, 1.165) is 19.3 Å². The van der Waals surface area contributed by atoms with Crippen molar-refractivity contribution in [2.45, 2.75) is 91.0 Å². The second-order valence-electron chi connectivity index (χ2n) is 9.54. The van der Waals surface area contributed by atoms with Gasteiger partial charge in [0.2, 0.25) is 0 Å². The van der Waals surface area contributed by atoms with E-state index in [4.69, 9.17) is 4.74 Å². The first kappa shape index (κ1) is 22.4. The van der Waals surface area contributed by atoms with E-state index in [1.165, 1.54) is 0 Å². The fraction of sp³-hybridized carbons (Fsp3) is 0.947. The third kappa shape index (κ3) is 8.07. The zero-order valence-electron chi connectivity index (χ0n) is 17.3. The van der Waals surface area contributed by atoms with Gasteiger partial charge in [0.1, 0.15) is 5.60 Å². The molecule has 0 spiro atoms. The van der Waals surface area contributed by atoms with Crippen molar-refractivity contribution in [2.24, 2.45) is 11.8 Å². The van der Waals surface area contributed by atoms with Gasteiger partial charge in [0.25, 0.3) is 0 Å². The number of likely N-dealkylation sites (tertiary alicyclic amines) is 1. The molecule has 0 saturated carbocycles. The Kier molecular flexibility index (Phi) is 7.94. The summed E-state index contributed by atoms with van der Waals surface area (Å²) in [4.78, 5) is 14.0. The molecule has 5 nitrogen and oxygen atoms in total. The molecule has 0 aliphatic carbocycles. The predicted molar refractivity (Wildman–Crippen MR) is 105 cm³/mol. The Morgan fingerprint density at radius 3 is 2.08 bits per heavy atom. The van der Waals surface area contributed by atoms with E-state index in [9.17, 15) is 9.00 Å². The minimum atomic E-state index is -1.07. The first-order valence-corrected chi connectivity index (χ1v) is 10.6. The molecule has 0 aromatic carbocycles. The van der Waals surface area contributed by atoms with E-state index < -0.39 is 16.6 Å². The van der Waals surface area contributed by atoms with Crippen molar-refractivity contribution in [1.82, 2.24) is 9.62 Å². The maximum Gasteiger partial charge on any atom is 0.410 e. The molecule has 0 aromatic rings. The minimum Gasteiger partial charge on any atom is -0.444 e. The topological polar surface area (TPSA) is 58.6 Å². The van der Waals surface area contributed by atoms with Crippen LogP contribution in [0.25, 0.3) is 0 Å². The molecule has 148 valence electrons. The van der Waals surface area contributed by atoms with Gasteiger partial charge in [-0.2, -0.15) is 0 Å². The van der Waals surface area contributed by atoms with Crippen LogP contribution in [0.15, 0.2) is 0 Å². The molecule has 1 amide bonds. The number of nitrogens with zero attached hydrogens (tertiary/aromatic N) is 1. The molecule has 0 aromatic heterocycles. The summed E-state index contributed by atoms with van der Waals surface area (Å²) >= 11 is 0. The fourth-order valence-corrected chi connectivity index (χ4v) is 3.89. The summed E-state index contributed by atoms with van der Waals surface area (Å²) in [5.41, 5.74) is -0.459. The maximum atomic E-state index is 12.5. The second kappa shape index (κ2) is 8.85. The third-order valence-electron chi connectivity index (χ3n) is 4.30. The zero-order chi connectivity index (χ0) is 19.4. The van der Waals surface area contributed by atoms with Gasteiger partial charge in [-0.1, -0.05) is 13.8 Å². The SMILES string of the molecule is CC(C)C[C@@H](NS(=O)C(C)(C)C)C1CCN(C(=O)OC(C)(C)C)CC1. The van der Waals surface area contributed by atoms with Gasteiger partial charge in [-0.15, -0.1) is 0 Å². The van der Waals surface area contributed by atoms with Crippen LogP contribution in [0.5, 0.6) is 0 Å². The van der Waals surface area contributed by atoms with Crippen molar-refractivity contribution >= 4 is 17.1 Å². The highest BCUT2D eigenvalue weighted by Crippen LogP contribution is 2.27. The Bertz CT molecular complexity index is 458. The Morgan fingerprint density at radius 2 is 1.68 bits per heavy atom. The van der Waals surface area contributed by atoms with E-state index in [1.54, 1.807) is 4.90 Å². The van der Waals surface area contributed by atoms with E-state index in [-0.39, 0.29) is 16.9 Å². The molecule has 1 rings (SSSR count). The van der Waals surface area contributed by atoms with Crippen molar-refractivity contribution < 1.29 is 13.7 Å². The molecular formula is C19H38N2O3S. The minimum absolute atomic E-state index is 0.223. The van der Waals surface area contributed by atoms with Crippen molar-refractivity contribution in [3.8, 4) is 0 Å². The van der Waals surface area contributed by atoms with E-state index in [2.05, 4.69) is 18.6 Å². The van der Waals surface area contributed by atoms with E-state index in [1.807, 2.05) is 41.5 Å². The lowest BCUT2D eigenvalue weighted by Crippen LogP contribution is -2.49. The van der Waals surface area contributed by atoms with E-state index in [0.29, 0.717) is 24.9 Å². The Morgan fingerprint density at radius 1 is 1.16 bits per heavy atom. The average Bonchev–Trinajstić information content (AvgIpc) is 2.43. The van der Waals surface area contributed by atoms with Crippen LogP contribution in [0.2, 0.25) is 0 Å². The molecule has 0 radical (unpaired) electrons. The van der Waals surface area contributed by atoms with Crippen molar-refractivity contribution in [3.05, 3.63) is 0 Å². The number of nitrogens with one attached hydrogen (secondary N) is 1. The van der Waals surface area contributed by atoms with Crippen molar-refractivity contribution in [2.75, 3.05) is 13.1 Å². The molecule has 1 saturated heterocycles. The lowest BCUT2D eigenvalue weighted by atomic mass is 9.85. The van der Waals surface area contributed by atoms with Crippen molar-refractivity contribution in [1.29, 1.82) is 0 Å². The van der Waals surface area contributed by atoms with Crippen molar-refractivity contribution in [3.63, 3.8) is 0 Å². The number of carbonyl (C=O) groups excluding carboxylic acids is 1. The lowest BCUT2D eigenvalue weighted by Gasteiger charge is -2.38. The molecule has 2 atom stereocenters. The van der Waals surface area contributed by atoms with Crippen LogP contribution in [-0.4, -0.2) is 44.7 Å². The molecule has 1 N–H and O–H groups in total. The number of hydrogen-bond donors (Lipinski definition) is 1. The first-order chi connectivity index (χ1) is 11.3. The summed E-state index contributed by atoms with van der Waals surface area (Å²) in [5.74, 6) is 0.978. The zero-order valence-corrected chi connectivity index (χ0v) is 18.2. The van der Waals surface area contributed by atoms with Crippen LogP contribution in [0.1, 0.15) is 74.7 Å². The maximum absolute atomic E-state index is 12.5. The Hall–Kier alpha value is -0.620. The fourth-order valence-electron chi connectivity index (χ4n) is 2.97. The molecule has 0 bridgehead atoms. The monoisotopic (exact) mass is 374 g/mol. The Balaban J connectivity index is 2.65. The average molecular weight is 375 g/mol. The number of hydrogen-bond acceptors (Lipinski definition) is 3. The van der Waals surface area contributed by atoms with Crippen LogP contribution >= 0.6 is 0 Å². The van der Waals surface area contributed by atoms with Crippen LogP contribution in [0.3, 0.4) is 0 Å². The van der Waals surface area contributed by atoms with E-state index >= 15 is 0 Å². The van der Waals surface area contributed by atoms with Crippen LogP contribution in [0, 0.1) is 11.8 Å². The van der Waals surface area contributed by atoms with Gasteiger partial charge in [-0.3, -0.25) is 0 Å². The van der Waals surface area contributed by atoms with Gasteiger partial charge in [0.05, 0.1) is 15.7 Å². The predicted octanol–water partition coefficient (Wildman–Crippen LogP) is 4.10. The van der Waals surface area contributed by atoms with Gasteiger partial charge in [-0.25, -0.2) is 13.7 Å². The number of carbonyl (C=O) groups is 1. The number of ether oxygens (including phenoxy) is 1. The Labute approximate surface area is 156 Å². The van der Waals surface area contributed by atoms with Crippen LogP contribution in [0.4, 0.5) is 4.79 Å². The lowest BCUT2D eigenvalue weighted by molar-refractivity contribution is 0.0169. The van der Waals surface area contributed by atoms with Crippen LogP contribution < -0.4 is 4.72 Å². The summed E-state index contributed by atoms with van der Waals surface area (Å²) in [6.45, 7) is 17.5. The first-order valence-electron chi connectivity index (χ1n) is 9.45. The molecule has 1 unspecified atom stereocenters. The van der Waals surface area contributed by atoms with Gasteiger partial charge >= 0.3 is 6.09 Å². The molecule has 1 heterocycles. The van der Waals surface area contributed by atoms with Gasteiger partial charge < -0.3 is 9.64 Å². The summed E-state index contributed by atoms with van der Waals surface area (Å²) in [5, 5.41) is 0. The highest BCUT2D eigenvalue weighted by Gasteiger charge is 2.33. The molecule has 1 aliphatic heterocycles. The smallest absolute Gasteiger partial charge is 0.410 e.